The van der Waals surface area contributed by atoms with Crippen LogP contribution in [0, 0.1) is 0 Å². The number of unbranched alkanes of at least 4 members (excludes halogenated alkanes) is 1. The lowest BCUT2D eigenvalue weighted by Crippen LogP contribution is -2.43. The number of alkyl carbamates (subject to hydrolysis) is 1. The molecule has 0 rings (SSSR count). The fourth-order valence-corrected chi connectivity index (χ4v) is 1.17. The maximum atomic E-state index is 11.4. The van der Waals surface area contributed by atoms with E-state index < -0.39 is 23.7 Å². The lowest BCUT2D eigenvalue weighted by Gasteiger charge is -2.21. The smallest absolute Gasteiger partial charge is 0.408 e. The first-order valence-electron chi connectivity index (χ1n) is 5.59. The van der Waals surface area contributed by atoms with Crippen LogP contribution in [0.3, 0.4) is 0 Å². The molecule has 0 aliphatic rings. The number of carboxylic acids is 1. The molecule has 0 fully saturated rings. The molecular weight excluding hydrogens is 226 g/mol. The van der Waals surface area contributed by atoms with Crippen molar-refractivity contribution < 1.29 is 24.5 Å². The first-order valence-corrected chi connectivity index (χ1v) is 5.59. The third-order valence-electron chi connectivity index (χ3n) is 1.89. The molecule has 0 radical (unpaired) electrons. The number of carbonyl (C=O) groups excluding carboxylic acids is 1. The van der Waals surface area contributed by atoms with Crippen molar-refractivity contribution >= 4 is 12.1 Å². The van der Waals surface area contributed by atoms with Gasteiger partial charge in [-0.1, -0.05) is 0 Å². The van der Waals surface area contributed by atoms with Crippen molar-refractivity contribution in [2.75, 3.05) is 6.61 Å². The second kappa shape index (κ2) is 7.11. The van der Waals surface area contributed by atoms with Crippen molar-refractivity contribution in [1.29, 1.82) is 0 Å². The van der Waals surface area contributed by atoms with Gasteiger partial charge in [0.2, 0.25) is 0 Å². The molecule has 1 atom stereocenters. The van der Waals surface area contributed by atoms with Crippen LogP contribution in [-0.2, 0) is 9.53 Å². The minimum absolute atomic E-state index is 0.0127. The van der Waals surface area contributed by atoms with Crippen LogP contribution in [0.4, 0.5) is 4.79 Å². The number of hydrogen-bond donors (Lipinski definition) is 3. The van der Waals surface area contributed by atoms with E-state index in [1.165, 1.54) is 0 Å². The van der Waals surface area contributed by atoms with Gasteiger partial charge in [0.1, 0.15) is 11.6 Å². The fourth-order valence-electron chi connectivity index (χ4n) is 1.17. The molecule has 1 amide bonds. The van der Waals surface area contributed by atoms with E-state index in [2.05, 4.69) is 5.32 Å². The summed E-state index contributed by atoms with van der Waals surface area (Å²) in [5.74, 6) is -1.10. The molecule has 0 aliphatic heterocycles. The minimum Gasteiger partial charge on any atom is -0.480 e. The summed E-state index contributed by atoms with van der Waals surface area (Å²) in [5.41, 5.74) is -0.655. The molecular formula is C11H21NO5. The third-order valence-corrected chi connectivity index (χ3v) is 1.89. The Hall–Kier alpha value is -1.30. The highest BCUT2D eigenvalue weighted by molar-refractivity contribution is 5.79. The summed E-state index contributed by atoms with van der Waals surface area (Å²) in [7, 11) is 0. The zero-order valence-corrected chi connectivity index (χ0v) is 10.5. The quantitative estimate of drug-likeness (QED) is 0.611. The molecule has 6 heteroatoms. The number of amides is 1. The normalized spacial score (nSPS) is 12.9. The molecule has 0 aromatic heterocycles. The number of aliphatic carboxylic acids is 1. The van der Waals surface area contributed by atoms with Gasteiger partial charge in [-0.05, 0) is 40.0 Å². The number of hydrogen-bond acceptors (Lipinski definition) is 4. The Balaban J connectivity index is 4.16. The molecule has 0 saturated carbocycles. The van der Waals surface area contributed by atoms with Gasteiger partial charge < -0.3 is 20.3 Å². The third kappa shape index (κ3) is 8.50. The Kier molecular flexibility index (Phi) is 6.57. The summed E-state index contributed by atoms with van der Waals surface area (Å²) in [5, 5.41) is 19.8. The van der Waals surface area contributed by atoms with Gasteiger partial charge in [-0.2, -0.15) is 0 Å². The van der Waals surface area contributed by atoms with Crippen LogP contribution >= 0.6 is 0 Å². The highest BCUT2D eigenvalue weighted by Gasteiger charge is 2.23. The van der Waals surface area contributed by atoms with Crippen LogP contribution in [0.2, 0.25) is 0 Å². The van der Waals surface area contributed by atoms with Crippen LogP contribution in [0.5, 0.6) is 0 Å². The topological polar surface area (TPSA) is 95.9 Å². The van der Waals surface area contributed by atoms with E-state index in [1.54, 1.807) is 20.8 Å². The number of nitrogens with one attached hydrogen (secondary N) is 1. The monoisotopic (exact) mass is 247 g/mol. The zero-order valence-electron chi connectivity index (χ0n) is 10.5. The molecule has 0 aliphatic carbocycles. The predicted octanol–water partition coefficient (Wildman–Crippen LogP) is 1.13. The molecule has 0 spiro atoms. The molecule has 0 saturated heterocycles. The van der Waals surface area contributed by atoms with Crippen LogP contribution in [0.25, 0.3) is 0 Å². The largest absolute Gasteiger partial charge is 0.480 e. The summed E-state index contributed by atoms with van der Waals surface area (Å²) in [6, 6.07) is -0.976. The van der Waals surface area contributed by atoms with E-state index in [9.17, 15) is 9.59 Å². The van der Waals surface area contributed by atoms with Gasteiger partial charge in [-0.25, -0.2) is 9.59 Å². The molecule has 6 nitrogen and oxygen atoms in total. The first kappa shape index (κ1) is 15.7. The van der Waals surface area contributed by atoms with E-state index in [1.807, 2.05) is 0 Å². The molecule has 0 aromatic carbocycles. The summed E-state index contributed by atoms with van der Waals surface area (Å²) >= 11 is 0. The van der Waals surface area contributed by atoms with Gasteiger partial charge in [0.05, 0.1) is 0 Å². The van der Waals surface area contributed by atoms with Crippen LogP contribution in [-0.4, -0.2) is 40.5 Å². The molecule has 0 heterocycles. The van der Waals surface area contributed by atoms with E-state index in [4.69, 9.17) is 14.9 Å². The zero-order chi connectivity index (χ0) is 13.5. The number of rotatable bonds is 6. The average molecular weight is 247 g/mol. The molecule has 3 N–H and O–H groups in total. The summed E-state index contributed by atoms with van der Waals surface area (Å²) in [6.07, 6.45) is 0.576. The highest BCUT2D eigenvalue weighted by Crippen LogP contribution is 2.08. The van der Waals surface area contributed by atoms with Crippen LogP contribution < -0.4 is 5.32 Å². The second-order valence-electron chi connectivity index (χ2n) is 4.76. The van der Waals surface area contributed by atoms with Gasteiger partial charge in [-0.15, -0.1) is 0 Å². The number of aliphatic hydroxyl groups is 1. The van der Waals surface area contributed by atoms with Gasteiger partial charge in [0.25, 0.3) is 0 Å². The standard InChI is InChI=1S/C11H21NO5/c1-11(2,3)17-10(16)12-8(9(14)15)6-4-5-7-13/h8,13H,4-7H2,1-3H3,(H,12,16)(H,14,15). The highest BCUT2D eigenvalue weighted by atomic mass is 16.6. The van der Waals surface area contributed by atoms with Crippen molar-refractivity contribution in [2.45, 2.75) is 51.7 Å². The van der Waals surface area contributed by atoms with E-state index in [0.717, 1.165) is 0 Å². The van der Waals surface area contributed by atoms with Gasteiger partial charge in [0, 0.05) is 6.61 Å². The Labute approximate surface area is 101 Å². The molecule has 0 bridgehead atoms. The second-order valence-corrected chi connectivity index (χ2v) is 4.76. The minimum atomic E-state index is -1.10. The van der Waals surface area contributed by atoms with Crippen molar-refractivity contribution in [1.82, 2.24) is 5.32 Å². The van der Waals surface area contributed by atoms with Crippen molar-refractivity contribution in [3.63, 3.8) is 0 Å². The van der Waals surface area contributed by atoms with Crippen molar-refractivity contribution in [3.8, 4) is 0 Å². The number of carboxylic acid groups (broad SMARTS) is 1. The predicted molar refractivity (Wildman–Crippen MR) is 61.7 cm³/mol. The summed E-state index contributed by atoms with van der Waals surface area (Å²) in [4.78, 5) is 22.2. The molecule has 17 heavy (non-hydrogen) atoms. The van der Waals surface area contributed by atoms with E-state index >= 15 is 0 Å². The average Bonchev–Trinajstić information content (AvgIpc) is 2.13. The summed E-state index contributed by atoms with van der Waals surface area (Å²) in [6.45, 7) is 5.12. The van der Waals surface area contributed by atoms with Crippen molar-refractivity contribution in [2.24, 2.45) is 0 Å². The lowest BCUT2D eigenvalue weighted by molar-refractivity contribution is -0.139. The van der Waals surface area contributed by atoms with Gasteiger partial charge >= 0.3 is 12.1 Å². The van der Waals surface area contributed by atoms with E-state index in [0.29, 0.717) is 12.8 Å². The molecule has 1 unspecified atom stereocenters. The Morgan fingerprint density at radius 3 is 2.29 bits per heavy atom. The SMILES string of the molecule is CC(C)(C)OC(=O)NC(CCCCO)C(=O)O. The number of carbonyl (C=O) groups is 2. The van der Waals surface area contributed by atoms with Crippen molar-refractivity contribution in [3.05, 3.63) is 0 Å². The van der Waals surface area contributed by atoms with Crippen LogP contribution in [0.1, 0.15) is 40.0 Å². The molecule has 0 aromatic rings. The van der Waals surface area contributed by atoms with Crippen LogP contribution in [0.15, 0.2) is 0 Å². The first-order chi connectivity index (χ1) is 7.76. The molecule has 100 valence electrons. The lowest BCUT2D eigenvalue weighted by atomic mass is 10.1. The summed E-state index contributed by atoms with van der Waals surface area (Å²) < 4.78 is 4.96. The van der Waals surface area contributed by atoms with Gasteiger partial charge in [-0.3, -0.25) is 0 Å². The number of aliphatic hydroxyl groups excluding tert-OH is 1. The van der Waals surface area contributed by atoms with Gasteiger partial charge in [0.15, 0.2) is 0 Å². The Bertz CT molecular complexity index is 259. The fraction of sp³-hybridized carbons (Fsp3) is 0.818. The number of ether oxygens (including phenoxy) is 1. The Morgan fingerprint density at radius 1 is 1.29 bits per heavy atom. The Morgan fingerprint density at radius 2 is 1.88 bits per heavy atom. The van der Waals surface area contributed by atoms with E-state index in [-0.39, 0.29) is 13.0 Å². The maximum Gasteiger partial charge on any atom is 0.408 e. The maximum absolute atomic E-state index is 11.4.